The van der Waals surface area contributed by atoms with E-state index in [2.05, 4.69) is 4.72 Å². The van der Waals surface area contributed by atoms with Crippen molar-refractivity contribution in [2.45, 2.75) is 6.54 Å². The van der Waals surface area contributed by atoms with Crippen molar-refractivity contribution in [2.75, 3.05) is 24.6 Å². The molecule has 0 saturated heterocycles. The average molecular weight is 376 g/mol. The summed E-state index contributed by atoms with van der Waals surface area (Å²) in [6, 6.07) is 15.3. The van der Waals surface area contributed by atoms with E-state index in [0.717, 1.165) is 11.8 Å². The molecule has 0 saturated carbocycles. The average Bonchev–Trinajstić information content (AvgIpc) is 2.59. The zero-order valence-corrected chi connectivity index (χ0v) is 15.3. The summed E-state index contributed by atoms with van der Waals surface area (Å²) in [4.78, 5) is 25.6. The summed E-state index contributed by atoms with van der Waals surface area (Å²) in [5.74, 6) is -1.05. The highest BCUT2D eigenvalue weighted by atomic mass is 32.2. The van der Waals surface area contributed by atoms with Gasteiger partial charge in [0.05, 0.1) is 11.8 Å². The number of benzene rings is 2. The number of hydrogen-bond acceptors (Lipinski definition) is 5. The lowest BCUT2D eigenvalue weighted by molar-refractivity contribution is -0.133. The summed E-state index contributed by atoms with van der Waals surface area (Å²) in [6.45, 7) is 0.0108. The number of hydrogen-bond donors (Lipinski definition) is 1. The van der Waals surface area contributed by atoms with Crippen molar-refractivity contribution in [1.29, 1.82) is 0 Å². The minimum absolute atomic E-state index is 0.150. The third kappa shape index (κ3) is 6.21. The van der Waals surface area contributed by atoms with Gasteiger partial charge in [0.2, 0.25) is 10.0 Å². The van der Waals surface area contributed by atoms with Crippen LogP contribution in [0.1, 0.15) is 15.9 Å². The molecule has 2 aromatic rings. The van der Waals surface area contributed by atoms with Crippen LogP contribution >= 0.6 is 0 Å². The molecule has 1 amide bonds. The molecule has 138 valence electrons. The maximum atomic E-state index is 12.1. The van der Waals surface area contributed by atoms with Gasteiger partial charge in [-0.05, 0) is 23.8 Å². The van der Waals surface area contributed by atoms with Crippen LogP contribution < -0.4 is 4.72 Å². The topological polar surface area (TPSA) is 92.8 Å². The molecule has 0 fully saturated rings. The Morgan fingerprint density at radius 2 is 1.77 bits per heavy atom. The van der Waals surface area contributed by atoms with Crippen LogP contribution in [-0.2, 0) is 26.1 Å². The zero-order chi connectivity index (χ0) is 19.2. The molecule has 0 aliphatic heterocycles. The van der Waals surface area contributed by atoms with Crippen LogP contribution in [-0.4, -0.2) is 45.1 Å². The van der Waals surface area contributed by atoms with E-state index in [0.29, 0.717) is 6.54 Å². The summed E-state index contributed by atoms with van der Waals surface area (Å²) >= 11 is 0. The SMILES string of the molecule is CN(Cc1ccccc1)C(=O)COC(=O)c1cccc(NS(C)(=O)=O)c1. The first-order valence-electron chi connectivity index (χ1n) is 7.77. The molecule has 1 N–H and O–H groups in total. The highest BCUT2D eigenvalue weighted by molar-refractivity contribution is 7.92. The third-order valence-corrected chi connectivity index (χ3v) is 4.02. The molecule has 0 spiro atoms. The van der Waals surface area contributed by atoms with Gasteiger partial charge in [-0.25, -0.2) is 13.2 Å². The molecule has 0 heterocycles. The lowest BCUT2D eigenvalue weighted by Gasteiger charge is -2.17. The van der Waals surface area contributed by atoms with E-state index >= 15 is 0 Å². The van der Waals surface area contributed by atoms with Crippen LogP contribution in [0.3, 0.4) is 0 Å². The van der Waals surface area contributed by atoms with Gasteiger partial charge in [0, 0.05) is 19.3 Å². The number of sulfonamides is 1. The Hall–Kier alpha value is -2.87. The third-order valence-electron chi connectivity index (χ3n) is 3.42. The number of likely N-dealkylation sites (N-methyl/N-ethyl adjacent to an activating group) is 1. The number of esters is 1. The molecule has 0 aliphatic rings. The minimum atomic E-state index is -3.45. The van der Waals surface area contributed by atoms with Crippen LogP contribution in [0, 0.1) is 0 Å². The van der Waals surface area contributed by atoms with Crippen LogP contribution in [0.15, 0.2) is 54.6 Å². The quantitative estimate of drug-likeness (QED) is 0.745. The molecule has 0 aromatic heterocycles. The Labute approximate surface area is 152 Å². The summed E-state index contributed by atoms with van der Waals surface area (Å²) in [5, 5.41) is 0. The highest BCUT2D eigenvalue weighted by Gasteiger charge is 2.14. The molecule has 0 radical (unpaired) electrons. The lowest BCUT2D eigenvalue weighted by atomic mass is 10.2. The van der Waals surface area contributed by atoms with E-state index in [1.54, 1.807) is 7.05 Å². The van der Waals surface area contributed by atoms with Gasteiger partial charge in [0.25, 0.3) is 5.91 Å². The monoisotopic (exact) mass is 376 g/mol. The van der Waals surface area contributed by atoms with Crippen molar-refractivity contribution in [1.82, 2.24) is 4.90 Å². The number of ether oxygens (including phenoxy) is 1. The number of rotatable bonds is 7. The van der Waals surface area contributed by atoms with Crippen LogP contribution in [0.25, 0.3) is 0 Å². The normalized spacial score (nSPS) is 10.8. The van der Waals surface area contributed by atoms with E-state index in [9.17, 15) is 18.0 Å². The second kappa shape index (κ2) is 8.48. The molecule has 2 rings (SSSR count). The van der Waals surface area contributed by atoms with Crippen molar-refractivity contribution in [3.63, 3.8) is 0 Å². The summed E-state index contributed by atoms with van der Waals surface area (Å²) in [5.41, 5.74) is 1.36. The lowest BCUT2D eigenvalue weighted by Crippen LogP contribution is -2.30. The highest BCUT2D eigenvalue weighted by Crippen LogP contribution is 2.13. The van der Waals surface area contributed by atoms with E-state index in [1.807, 2.05) is 30.3 Å². The second-order valence-electron chi connectivity index (χ2n) is 5.77. The van der Waals surface area contributed by atoms with Crippen molar-refractivity contribution < 1.29 is 22.7 Å². The Morgan fingerprint density at radius 1 is 1.08 bits per heavy atom. The fraction of sp³-hybridized carbons (Fsp3) is 0.222. The molecule has 7 nitrogen and oxygen atoms in total. The number of anilines is 1. The smallest absolute Gasteiger partial charge is 0.338 e. The zero-order valence-electron chi connectivity index (χ0n) is 14.5. The van der Waals surface area contributed by atoms with Gasteiger partial charge in [0.15, 0.2) is 6.61 Å². The van der Waals surface area contributed by atoms with Crippen molar-refractivity contribution >= 4 is 27.6 Å². The largest absolute Gasteiger partial charge is 0.452 e. The van der Waals surface area contributed by atoms with E-state index in [1.165, 1.54) is 29.2 Å². The predicted molar refractivity (Wildman–Crippen MR) is 98.1 cm³/mol. The van der Waals surface area contributed by atoms with Crippen molar-refractivity contribution in [3.8, 4) is 0 Å². The molecule has 2 aromatic carbocycles. The molecule has 8 heteroatoms. The predicted octanol–water partition coefficient (Wildman–Crippen LogP) is 1.87. The van der Waals surface area contributed by atoms with E-state index < -0.39 is 22.6 Å². The number of amides is 1. The molecule has 0 bridgehead atoms. The van der Waals surface area contributed by atoms with Crippen LogP contribution in [0.4, 0.5) is 5.69 Å². The molecule has 0 aliphatic carbocycles. The maximum Gasteiger partial charge on any atom is 0.338 e. The van der Waals surface area contributed by atoms with Gasteiger partial charge in [-0.3, -0.25) is 9.52 Å². The summed E-state index contributed by atoms with van der Waals surface area (Å²) in [7, 11) is -1.82. The Morgan fingerprint density at radius 3 is 2.42 bits per heavy atom. The first kappa shape index (κ1) is 19.5. The van der Waals surface area contributed by atoms with Crippen molar-refractivity contribution in [3.05, 3.63) is 65.7 Å². The van der Waals surface area contributed by atoms with E-state index in [4.69, 9.17) is 4.74 Å². The van der Waals surface area contributed by atoms with Gasteiger partial charge in [0.1, 0.15) is 0 Å². The summed E-state index contributed by atoms with van der Waals surface area (Å²) < 4.78 is 29.8. The minimum Gasteiger partial charge on any atom is -0.452 e. The van der Waals surface area contributed by atoms with Gasteiger partial charge >= 0.3 is 5.97 Å². The molecular formula is C18H20N2O5S. The first-order valence-corrected chi connectivity index (χ1v) is 9.66. The van der Waals surface area contributed by atoms with E-state index in [-0.39, 0.29) is 17.2 Å². The van der Waals surface area contributed by atoms with Gasteiger partial charge in [-0.15, -0.1) is 0 Å². The molecule has 26 heavy (non-hydrogen) atoms. The molecular weight excluding hydrogens is 356 g/mol. The number of carbonyl (C=O) groups is 2. The Kier molecular flexibility index (Phi) is 6.35. The first-order chi connectivity index (χ1) is 12.2. The fourth-order valence-corrected chi connectivity index (χ4v) is 2.75. The standard InChI is InChI=1S/C18H20N2O5S/c1-20(12-14-7-4-3-5-8-14)17(21)13-25-18(22)15-9-6-10-16(11-15)19-26(2,23)24/h3-11,19H,12-13H2,1-2H3. The van der Waals surface area contributed by atoms with Crippen LogP contribution in [0.5, 0.6) is 0 Å². The molecule has 0 unspecified atom stereocenters. The Balaban J connectivity index is 1.91. The fourth-order valence-electron chi connectivity index (χ4n) is 2.19. The Bertz CT molecular complexity index is 881. The second-order valence-corrected chi connectivity index (χ2v) is 7.52. The number of nitrogens with zero attached hydrogens (tertiary/aromatic N) is 1. The van der Waals surface area contributed by atoms with Gasteiger partial charge < -0.3 is 9.64 Å². The number of carbonyl (C=O) groups excluding carboxylic acids is 2. The van der Waals surface area contributed by atoms with Crippen molar-refractivity contribution in [2.24, 2.45) is 0 Å². The van der Waals surface area contributed by atoms with Crippen LogP contribution in [0.2, 0.25) is 0 Å². The van der Waals surface area contributed by atoms with Gasteiger partial charge in [-0.1, -0.05) is 36.4 Å². The molecule has 0 atom stereocenters. The number of nitrogens with one attached hydrogen (secondary N) is 1. The van der Waals surface area contributed by atoms with Gasteiger partial charge in [-0.2, -0.15) is 0 Å². The summed E-state index contributed by atoms with van der Waals surface area (Å²) in [6.07, 6.45) is 1.01. The maximum absolute atomic E-state index is 12.1.